The number of allylic oxidation sites excluding steroid dienone is 4. The summed E-state index contributed by atoms with van der Waals surface area (Å²) >= 11 is -2.30. The number of aliphatic hydroxyl groups is 1. The molecule has 0 radical (unpaired) electrons. The molecule has 155 valence electrons. The Labute approximate surface area is 161 Å². The Morgan fingerprint density at radius 2 is 1.56 bits per heavy atom. The Kier molecular flexibility index (Phi) is 28.6. The molecule has 9 nitrogen and oxygen atoms in total. The second-order valence-electron chi connectivity index (χ2n) is 4.66. The molecule has 0 aromatic carbocycles. The molecule has 10 heteroatoms. The van der Waals surface area contributed by atoms with Crippen LogP contribution >= 0.6 is 0 Å². The molecule has 0 spiro atoms. The minimum atomic E-state index is -2.30. The van der Waals surface area contributed by atoms with Crippen molar-refractivity contribution in [3.8, 4) is 0 Å². The van der Waals surface area contributed by atoms with E-state index in [1.54, 1.807) is 20.8 Å². The van der Waals surface area contributed by atoms with Crippen molar-refractivity contribution >= 4 is 14.4 Å². The van der Waals surface area contributed by atoms with Gasteiger partial charge in [-0.3, -0.25) is 0 Å². The fraction of sp³-hybridized carbons (Fsp3) is 0.588. The fourth-order valence-electron chi connectivity index (χ4n) is 1.06. The number of carbonyl (C=O) groups excluding carboxylic acids is 3. The molecule has 0 saturated carbocycles. The van der Waals surface area contributed by atoms with Crippen LogP contribution in [0.5, 0.6) is 0 Å². The molecule has 0 aromatic rings. The van der Waals surface area contributed by atoms with E-state index in [2.05, 4.69) is 29.1 Å². The molecule has 2 aliphatic rings. The van der Waals surface area contributed by atoms with E-state index in [-0.39, 0.29) is 12.7 Å². The van der Waals surface area contributed by atoms with Crippen molar-refractivity contribution in [2.75, 3.05) is 19.8 Å². The van der Waals surface area contributed by atoms with E-state index in [1.165, 1.54) is 27.2 Å². The van der Waals surface area contributed by atoms with E-state index < -0.39 is 17.7 Å². The van der Waals surface area contributed by atoms with Gasteiger partial charge in [0.2, 0.25) is 0 Å². The van der Waals surface area contributed by atoms with Crippen LogP contribution in [-0.2, 0) is 36.5 Å². The Balaban J connectivity index is -0.000000270. The van der Waals surface area contributed by atoms with Crippen LogP contribution in [0.1, 0.15) is 40.0 Å². The monoisotopic (exact) mass is 428 g/mol. The van der Waals surface area contributed by atoms with Crippen LogP contribution < -0.4 is 0 Å². The summed E-state index contributed by atoms with van der Waals surface area (Å²) in [5.74, 6) is 0. The zero-order valence-corrected chi connectivity index (χ0v) is 16.9. The standard InChI is InChI=1S/C5H6.C4H8O.C3H8O.C2H5NO3.3CO.Mn/c2*1-2-4-5-3-1;1-3(2)4;1-2-6-3(4)5;3*1-2;/h1-4H,5H2;1-4H2;3-4H,1-2H3;2H2,1H3;;;;. The Hall–Kier alpha value is -2.14. The molecule has 1 N–H and O–H groups in total. The zero-order valence-electron chi connectivity index (χ0n) is 15.8. The van der Waals surface area contributed by atoms with E-state index in [9.17, 15) is 24.5 Å². The molecule has 0 aromatic heterocycles. The first-order chi connectivity index (χ1) is 12.8. The molecule has 1 aliphatic carbocycles. The number of nitrogens with zero attached hydrogens (tertiary/aromatic N) is 1. The molecule has 1 fully saturated rings. The molecule has 1 saturated heterocycles. The van der Waals surface area contributed by atoms with Crippen molar-refractivity contribution < 1.29 is 46.7 Å². The Morgan fingerprint density at radius 1 is 1.15 bits per heavy atom. The molecular weight excluding hydrogens is 401 g/mol. The molecular formula is C17H27MnNO8. The molecule has 2 rings (SSSR count). The maximum absolute atomic E-state index is 9.36. The molecule has 1 heterocycles. The molecule has 0 atom stereocenters. The first kappa shape index (κ1) is 29.6. The summed E-state index contributed by atoms with van der Waals surface area (Å²) in [7, 11) is 0. The third kappa shape index (κ3) is 40.1. The number of hydrogen-bond donors (Lipinski definition) is 1. The maximum atomic E-state index is 9.36. The van der Waals surface area contributed by atoms with E-state index in [0.29, 0.717) is 0 Å². The summed E-state index contributed by atoms with van der Waals surface area (Å²) in [6, 6.07) is 0. The quantitative estimate of drug-likeness (QED) is 0.399. The second kappa shape index (κ2) is 26.1. The first-order valence-electron chi connectivity index (χ1n) is 8.03. The van der Waals surface area contributed by atoms with E-state index in [1.807, 2.05) is 0 Å². The van der Waals surface area contributed by atoms with Gasteiger partial charge in [0.05, 0.1) is 6.61 Å². The van der Waals surface area contributed by atoms with Crippen LogP contribution in [0.15, 0.2) is 24.3 Å². The predicted octanol–water partition coefficient (Wildman–Crippen LogP) is 1.71. The normalized spacial score (nSPS) is 12.0. The van der Waals surface area contributed by atoms with Crippen molar-refractivity contribution in [1.82, 2.24) is 0 Å². The SMILES string of the molecule is C1=CCC=C1.C1CCOC1.CC(C)O.CCO[N+](=O)[O-].O=[C]=[Mn](=[C]=O)=[C]=O. The first-order valence-corrected chi connectivity index (χ1v) is 9.80. The van der Waals surface area contributed by atoms with Gasteiger partial charge in [0, 0.05) is 19.3 Å². The van der Waals surface area contributed by atoms with Crippen LogP contribution in [-0.4, -0.2) is 50.5 Å². The third-order valence-electron chi connectivity index (χ3n) is 1.95. The number of rotatable bonds is 2. The zero-order chi connectivity index (χ0) is 21.3. The summed E-state index contributed by atoms with van der Waals surface area (Å²) in [4.78, 5) is 44.7. The summed E-state index contributed by atoms with van der Waals surface area (Å²) in [6.07, 6.45) is 11.9. The third-order valence-corrected chi connectivity index (χ3v) is 2.67. The number of ether oxygens (including phenoxy) is 1. The predicted molar refractivity (Wildman–Crippen MR) is 96.0 cm³/mol. The molecule has 1 aliphatic heterocycles. The van der Waals surface area contributed by atoms with Crippen molar-refractivity contribution in [3.05, 3.63) is 34.4 Å². The summed E-state index contributed by atoms with van der Waals surface area (Å²) < 4.78 is 4.94. The number of hydrogen-bond acceptors (Lipinski definition) is 8. The van der Waals surface area contributed by atoms with Crippen molar-refractivity contribution in [2.24, 2.45) is 0 Å². The van der Waals surface area contributed by atoms with Gasteiger partial charge in [-0.15, -0.1) is 10.1 Å². The van der Waals surface area contributed by atoms with Gasteiger partial charge in [0.25, 0.3) is 5.09 Å². The van der Waals surface area contributed by atoms with Gasteiger partial charge in [-0.1, -0.05) is 24.3 Å². The summed E-state index contributed by atoms with van der Waals surface area (Å²) in [5, 5.41) is 16.4. The van der Waals surface area contributed by atoms with Gasteiger partial charge in [-0.05, 0) is 40.0 Å². The van der Waals surface area contributed by atoms with Crippen molar-refractivity contribution in [2.45, 2.75) is 46.1 Å². The van der Waals surface area contributed by atoms with Gasteiger partial charge in [0.1, 0.15) is 0 Å². The van der Waals surface area contributed by atoms with Gasteiger partial charge in [0.15, 0.2) is 0 Å². The van der Waals surface area contributed by atoms with Crippen LogP contribution in [0.4, 0.5) is 0 Å². The molecule has 27 heavy (non-hydrogen) atoms. The van der Waals surface area contributed by atoms with Gasteiger partial charge in [-0.25, -0.2) is 0 Å². The summed E-state index contributed by atoms with van der Waals surface area (Å²) in [5.41, 5.74) is 0. The van der Waals surface area contributed by atoms with Crippen LogP contribution in [0, 0.1) is 10.1 Å². The topological polar surface area (TPSA) is 133 Å². The second-order valence-corrected chi connectivity index (χ2v) is 6.27. The average molecular weight is 428 g/mol. The van der Waals surface area contributed by atoms with E-state index in [4.69, 9.17) is 9.84 Å². The number of aliphatic hydroxyl groups excluding tert-OH is 1. The van der Waals surface area contributed by atoms with Crippen LogP contribution in [0.25, 0.3) is 0 Å². The van der Waals surface area contributed by atoms with Gasteiger partial charge >= 0.3 is 41.3 Å². The van der Waals surface area contributed by atoms with Gasteiger partial charge in [-0.2, -0.15) is 0 Å². The Bertz CT molecular complexity index is 566. The fourth-order valence-corrected chi connectivity index (χ4v) is 1.20. The molecule has 0 amide bonds. The van der Waals surface area contributed by atoms with E-state index in [0.717, 1.165) is 19.6 Å². The average Bonchev–Trinajstić information content (AvgIpc) is 3.35. The van der Waals surface area contributed by atoms with Crippen molar-refractivity contribution in [3.63, 3.8) is 0 Å². The minimum absolute atomic E-state index is 0.132. The van der Waals surface area contributed by atoms with E-state index >= 15 is 0 Å². The van der Waals surface area contributed by atoms with Crippen LogP contribution in [0.2, 0.25) is 0 Å². The molecule has 0 unspecified atom stereocenters. The molecule has 0 bridgehead atoms. The Morgan fingerprint density at radius 3 is 1.63 bits per heavy atom. The van der Waals surface area contributed by atoms with Crippen molar-refractivity contribution in [1.29, 1.82) is 0 Å². The van der Waals surface area contributed by atoms with Crippen LogP contribution in [0.3, 0.4) is 0 Å². The van der Waals surface area contributed by atoms with Gasteiger partial charge < -0.3 is 14.7 Å². The summed E-state index contributed by atoms with van der Waals surface area (Å²) in [6.45, 7) is 7.13.